The molecule has 0 atom stereocenters. The van der Waals surface area contributed by atoms with E-state index in [0.717, 1.165) is 18.8 Å². The van der Waals surface area contributed by atoms with Gasteiger partial charge in [-0.3, -0.25) is 14.5 Å². The van der Waals surface area contributed by atoms with Gasteiger partial charge in [-0.1, -0.05) is 42.1 Å². The van der Waals surface area contributed by atoms with E-state index in [1.54, 1.807) is 24.3 Å². The van der Waals surface area contributed by atoms with Crippen LogP contribution in [0.2, 0.25) is 0 Å². The average molecular weight is 435 g/mol. The molecule has 158 valence electrons. The van der Waals surface area contributed by atoms with Crippen LogP contribution in [0.5, 0.6) is 0 Å². The van der Waals surface area contributed by atoms with Crippen LogP contribution < -0.4 is 10.2 Å². The van der Waals surface area contributed by atoms with Gasteiger partial charge in [0.15, 0.2) is 5.16 Å². The van der Waals surface area contributed by atoms with Gasteiger partial charge in [-0.2, -0.15) is 15.0 Å². The number of aromatic nitrogens is 3. The Bertz CT molecular complexity index is 1070. The number of carbonyl (C=O) groups is 2. The lowest BCUT2D eigenvalue weighted by Crippen LogP contribution is -2.29. The first-order valence-corrected chi connectivity index (χ1v) is 11.0. The molecule has 3 aromatic rings. The average Bonchev–Trinajstić information content (AvgIpc) is 3.04. The molecule has 9 heteroatoms. The smallest absolute Gasteiger partial charge is 0.262 e. The summed E-state index contributed by atoms with van der Waals surface area (Å²) in [6.45, 7) is 5.55. The van der Waals surface area contributed by atoms with E-state index in [1.165, 1.54) is 16.7 Å². The number of anilines is 3. The SMILES string of the molecule is CCN(CC)c1nc(Nc2ccccc2)nc(SCN2C(=O)c3ccccc3C2=O)n1. The third kappa shape index (κ3) is 4.36. The number of amides is 2. The zero-order chi connectivity index (χ0) is 21.8. The summed E-state index contributed by atoms with van der Waals surface area (Å²) >= 11 is 1.23. The third-order valence-corrected chi connectivity index (χ3v) is 5.71. The lowest BCUT2D eigenvalue weighted by atomic mass is 10.1. The van der Waals surface area contributed by atoms with Crippen LogP contribution in [-0.2, 0) is 0 Å². The fourth-order valence-corrected chi connectivity index (χ4v) is 4.02. The second kappa shape index (κ2) is 9.13. The molecular weight excluding hydrogens is 412 g/mol. The van der Waals surface area contributed by atoms with E-state index in [1.807, 2.05) is 49.1 Å². The van der Waals surface area contributed by atoms with E-state index >= 15 is 0 Å². The Morgan fingerprint density at radius 1 is 0.871 bits per heavy atom. The highest BCUT2D eigenvalue weighted by atomic mass is 32.2. The van der Waals surface area contributed by atoms with Gasteiger partial charge in [-0.15, -0.1) is 0 Å². The van der Waals surface area contributed by atoms with Gasteiger partial charge in [-0.05, 0) is 38.1 Å². The van der Waals surface area contributed by atoms with Crippen LogP contribution in [-0.4, -0.2) is 50.6 Å². The Labute approximate surface area is 184 Å². The summed E-state index contributed by atoms with van der Waals surface area (Å²) in [5.41, 5.74) is 1.72. The number of nitrogens with zero attached hydrogens (tertiary/aromatic N) is 5. The van der Waals surface area contributed by atoms with Crippen molar-refractivity contribution < 1.29 is 9.59 Å². The molecule has 0 spiro atoms. The largest absolute Gasteiger partial charge is 0.341 e. The van der Waals surface area contributed by atoms with Crippen LogP contribution in [0, 0.1) is 0 Å². The Hall–Kier alpha value is -3.46. The van der Waals surface area contributed by atoms with E-state index in [9.17, 15) is 9.59 Å². The van der Waals surface area contributed by atoms with Gasteiger partial charge in [0.05, 0.1) is 17.0 Å². The topological polar surface area (TPSA) is 91.3 Å². The Morgan fingerprint density at radius 3 is 2.10 bits per heavy atom. The molecule has 2 amide bonds. The number of hydrogen-bond donors (Lipinski definition) is 1. The predicted octanol–water partition coefficient (Wildman–Crippen LogP) is 3.81. The molecule has 4 rings (SSSR count). The molecule has 0 saturated heterocycles. The maximum Gasteiger partial charge on any atom is 0.262 e. The molecule has 0 saturated carbocycles. The summed E-state index contributed by atoms with van der Waals surface area (Å²) in [6.07, 6.45) is 0. The lowest BCUT2D eigenvalue weighted by Gasteiger charge is -2.20. The van der Waals surface area contributed by atoms with Crippen LogP contribution in [0.4, 0.5) is 17.6 Å². The number of fused-ring (bicyclic) bond motifs is 1. The van der Waals surface area contributed by atoms with Gasteiger partial charge in [0, 0.05) is 18.8 Å². The van der Waals surface area contributed by atoms with Crippen molar-refractivity contribution in [3.05, 3.63) is 65.7 Å². The minimum absolute atomic E-state index is 0.124. The fraction of sp³-hybridized carbons (Fsp3) is 0.227. The van der Waals surface area contributed by atoms with Gasteiger partial charge in [0.2, 0.25) is 11.9 Å². The summed E-state index contributed by atoms with van der Waals surface area (Å²) in [7, 11) is 0. The van der Waals surface area contributed by atoms with Crippen LogP contribution in [0.15, 0.2) is 59.8 Å². The lowest BCUT2D eigenvalue weighted by molar-refractivity contribution is 0.0684. The molecule has 0 unspecified atom stereocenters. The molecule has 0 radical (unpaired) electrons. The van der Waals surface area contributed by atoms with Crippen molar-refractivity contribution in [3.63, 3.8) is 0 Å². The van der Waals surface area contributed by atoms with E-state index in [0.29, 0.717) is 28.2 Å². The Kier molecular flexibility index (Phi) is 6.13. The first-order valence-electron chi connectivity index (χ1n) is 10.0. The van der Waals surface area contributed by atoms with Crippen molar-refractivity contribution in [2.45, 2.75) is 19.0 Å². The van der Waals surface area contributed by atoms with Gasteiger partial charge >= 0.3 is 0 Å². The Balaban J connectivity index is 1.57. The zero-order valence-corrected chi connectivity index (χ0v) is 18.1. The molecule has 2 aromatic carbocycles. The van der Waals surface area contributed by atoms with Crippen LogP contribution >= 0.6 is 11.8 Å². The summed E-state index contributed by atoms with van der Waals surface area (Å²) in [6, 6.07) is 16.5. The normalized spacial score (nSPS) is 12.8. The van der Waals surface area contributed by atoms with Crippen molar-refractivity contribution in [1.29, 1.82) is 0 Å². The molecule has 1 N–H and O–H groups in total. The van der Waals surface area contributed by atoms with E-state index in [2.05, 4.69) is 20.3 Å². The molecule has 0 aliphatic carbocycles. The van der Waals surface area contributed by atoms with Crippen LogP contribution in [0.25, 0.3) is 0 Å². The standard InChI is InChI=1S/C22H22N6O2S/c1-3-27(4-2)21-24-20(23-15-10-6-5-7-11-15)25-22(26-21)31-14-28-18(29)16-12-8-9-13-17(16)19(28)30/h5-13H,3-4,14H2,1-2H3,(H,23,24,25,26). The van der Waals surface area contributed by atoms with Gasteiger partial charge in [-0.25, -0.2) is 0 Å². The summed E-state index contributed by atoms with van der Waals surface area (Å²) < 4.78 is 0. The number of para-hydroxylation sites is 1. The third-order valence-electron chi connectivity index (χ3n) is 4.88. The molecule has 8 nitrogen and oxygen atoms in total. The van der Waals surface area contributed by atoms with Crippen molar-refractivity contribution in [2.75, 3.05) is 29.2 Å². The number of benzene rings is 2. The molecule has 0 fully saturated rings. The number of hydrogen-bond acceptors (Lipinski definition) is 8. The van der Waals surface area contributed by atoms with Crippen molar-refractivity contribution in [3.8, 4) is 0 Å². The fourth-order valence-electron chi connectivity index (χ4n) is 3.24. The minimum Gasteiger partial charge on any atom is -0.341 e. The monoisotopic (exact) mass is 434 g/mol. The molecule has 2 heterocycles. The second-order valence-corrected chi connectivity index (χ2v) is 7.67. The highest BCUT2D eigenvalue weighted by Crippen LogP contribution is 2.27. The van der Waals surface area contributed by atoms with Crippen LogP contribution in [0.3, 0.4) is 0 Å². The van der Waals surface area contributed by atoms with Gasteiger partial charge in [0.25, 0.3) is 11.8 Å². The first kappa shape index (κ1) is 20.8. The summed E-state index contributed by atoms with van der Waals surface area (Å²) in [4.78, 5) is 42.1. The number of thioether (sulfide) groups is 1. The quantitative estimate of drug-likeness (QED) is 0.423. The summed E-state index contributed by atoms with van der Waals surface area (Å²) in [5.74, 6) is 0.484. The van der Waals surface area contributed by atoms with Crippen molar-refractivity contribution >= 4 is 41.2 Å². The molecule has 1 aliphatic rings. The maximum absolute atomic E-state index is 12.6. The van der Waals surface area contributed by atoms with Gasteiger partial charge < -0.3 is 10.2 Å². The number of imide groups is 1. The molecule has 31 heavy (non-hydrogen) atoms. The first-order chi connectivity index (χ1) is 15.1. The highest BCUT2D eigenvalue weighted by Gasteiger charge is 2.35. The maximum atomic E-state index is 12.6. The predicted molar refractivity (Wildman–Crippen MR) is 121 cm³/mol. The van der Waals surface area contributed by atoms with Gasteiger partial charge in [0.1, 0.15) is 0 Å². The molecule has 1 aromatic heterocycles. The summed E-state index contributed by atoms with van der Waals surface area (Å²) in [5, 5.41) is 3.63. The molecule has 0 bridgehead atoms. The van der Waals surface area contributed by atoms with Crippen molar-refractivity contribution in [1.82, 2.24) is 19.9 Å². The van der Waals surface area contributed by atoms with E-state index < -0.39 is 0 Å². The number of rotatable bonds is 8. The second-order valence-electron chi connectivity index (χ2n) is 6.76. The minimum atomic E-state index is -0.297. The number of nitrogens with one attached hydrogen (secondary N) is 1. The van der Waals surface area contributed by atoms with E-state index in [4.69, 9.17) is 0 Å². The van der Waals surface area contributed by atoms with Crippen LogP contribution in [0.1, 0.15) is 34.6 Å². The Morgan fingerprint density at radius 2 is 1.48 bits per heavy atom. The zero-order valence-electron chi connectivity index (χ0n) is 17.3. The highest BCUT2D eigenvalue weighted by molar-refractivity contribution is 7.99. The van der Waals surface area contributed by atoms with E-state index in [-0.39, 0.29) is 17.7 Å². The van der Waals surface area contributed by atoms with Crippen molar-refractivity contribution in [2.24, 2.45) is 0 Å². The number of carbonyl (C=O) groups excluding carboxylic acids is 2. The molecular formula is C22H22N6O2S. The molecule has 1 aliphatic heterocycles.